The smallest absolute Gasteiger partial charge is 0.326 e. The SMILES string of the molecule is CCC1CN(C(=O)Nc2ccc(OC)cc2)c2ccc(-c3ccc(C4CCC(CC(=O)O)CC4)cc3)cc2O1. The standard InChI is InChI=1S/C32H36N2O5/c1-3-27-20-34(32(37)33-26-13-15-28(38-2)16-14-26)29-17-12-25(19-30(29)39-27)24-10-8-23(9-11-24)22-6-4-21(5-7-22)18-31(35)36/h8-17,19,21-22,27H,3-7,18,20H2,1-2H3,(H,33,37)(H,35,36). The fourth-order valence-corrected chi connectivity index (χ4v) is 5.69. The van der Waals surface area contributed by atoms with E-state index in [1.165, 1.54) is 5.56 Å². The molecule has 1 fully saturated rings. The zero-order valence-electron chi connectivity index (χ0n) is 22.6. The van der Waals surface area contributed by atoms with Gasteiger partial charge in [-0.05, 0) is 97.0 Å². The van der Waals surface area contributed by atoms with Crippen molar-refractivity contribution in [1.29, 1.82) is 0 Å². The number of carboxylic acid groups (broad SMARTS) is 1. The van der Waals surface area contributed by atoms with Crippen LogP contribution in [-0.4, -0.2) is 36.9 Å². The highest BCUT2D eigenvalue weighted by Gasteiger charge is 2.30. The number of carbonyl (C=O) groups excluding carboxylic acids is 1. The van der Waals surface area contributed by atoms with Gasteiger partial charge in [0.2, 0.25) is 0 Å². The van der Waals surface area contributed by atoms with Crippen molar-refractivity contribution in [3.63, 3.8) is 0 Å². The summed E-state index contributed by atoms with van der Waals surface area (Å²) in [5, 5.41) is 12.1. The first kappa shape index (κ1) is 26.6. The Bertz CT molecular complexity index is 1300. The van der Waals surface area contributed by atoms with Crippen LogP contribution >= 0.6 is 0 Å². The van der Waals surface area contributed by atoms with Crippen molar-refractivity contribution in [2.24, 2.45) is 5.92 Å². The van der Waals surface area contributed by atoms with Gasteiger partial charge in [0.15, 0.2) is 0 Å². The fourth-order valence-electron chi connectivity index (χ4n) is 5.69. The van der Waals surface area contributed by atoms with E-state index >= 15 is 0 Å². The molecule has 7 heteroatoms. The summed E-state index contributed by atoms with van der Waals surface area (Å²) in [7, 11) is 1.61. The Morgan fingerprint density at radius 1 is 0.974 bits per heavy atom. The maximum absolute atomic E-state index is 13.3. The summed E-state index contributed by atoms with van der Waals surface area (Å²) in [4.78, 5) is 26.0. The molecule has 0 spiro atoms. The highest BCUT2D eigenvalue weighted by atomic mass is 16.5. The lowest BCUT2D eigenvalue weighted by atomic mass is 9.77. The normalized spacial score (nSPS) is 20.5. The van der Waals surface area contributed by atoms with Gasteiger partial charge in [0.05, 0.1) is 19.3 Å². The van der Waals surface area contributed by atoms with Crippen molar-refractivity contribution in [2.45, 2.75) is 57.5 Å². The van der Waals surface area contributed by atoms with Gasteiger partial charge in [-0.15, -0.1) is 0 Å². The number of methoxy groups -OCH3 is 1. The van der Waals surface area contributed by atoms with Gasteiger partial charge in [0.25, 0.3) is 0 Å². The quantitative estimate of drug-likeness (QED) is 0.335. The number of fused-ring (bicyclic) bond motifs is 1. The molecule has 1 aliphatic carbocycles. The Kier molecular flexibility index (Phi) is 8.05. The second-order valence-corrected chi connectivity index (χ2v) is 10.5. The molecule has 2 N–H and O–H groups in total. The molecular formula is C32H36N2O5. The Balaban J connectivity index is 1.30. The number of benzene rings is 3. The van der Waals surface area contributed by atoms with Gasteiger partial charge in [-0.25, -0.2) is 4.79 Å². The predicted octanol–water partition coefficient (Wildman–Crippen LogP) is 7.32. The van der Waals surface area contributed by atoms with Crippen molar-refractivity contribution >= 4 is 23.4 Å². The number of hydrogen-bond acceptors (Lipinski definition) is 4. The first-order chi connectivity index (χ1) is 18.9. The summed E-state index contributed by atoms with van der Waals surface area (Å²) < 4.78 is 11.5. The minimum Gasteiger partial charge on any atom is -0.497 e. The maximum atomic E-state index is 13.3. The van der Waals surface area contributed by atoms with Gasteiger partial charge < -0.3 is 19.9 Å². The van der Waals surface area contributed by atoms with Gasteiger partial charge >= 0.3 is 12.0 Å². The fraction of sp³-hybridized carbons (Fsp3) is 0.375. The summed E-state index contributed by atoms with van der Waals surface area (Å²) in [5.74, 6) is 1.54. The van der Waals surface area contributed by atoms with E-state index in [-0.39, 0.29) is 18.6 Å². The second kappa shape index (κ2) is 11.8. The molecule has 1 saturated carbocycles. The van der Waals surface area contributed by atoms with E-state index in [0.717, 1.165) is 54.7 Å². The van der Waals surface area contributed by atoms with Crippen LogP contribution in [0.1, 0.15) is 56.9 Å². The van der Waals surface area contributed by atoms with Crippen molar-refractivity contribution in [2.75, 3.05) is 23.9 Å². The third-order valence-corrected chi connectivity index (χ3v) is 8.00. The Morgan fingerprint density at radius 3 is 2.31 bits per heavy atom. The maximum Gasteiger partial charge on any atom is 0.326 e. The molecule has 3 aromatic rings. The number of aliphatic carboxylic acids is 1. The third kappa shape index (κ3) is 6.19. The van der Waals surface area contributed by atoms with Gasteiger partial charge in [-0.2, -0.15) is 0 Å². The number of carbonyl (C=O) groups is 2. The van der Waals surface area contributed by atoms with Crippen LogP contribution in [0.15, 0.2) is 66.7 Å². The number of rotatable bonds is 7. The van der Waals surface area contributed by atoms with E-state index in [4.69, 9.17) is 14.6 Å². The molecule has 0 aromatic heterocycles. The molecule has 0 bridgehead atoms. The highest BCUT2D eigenvalue weighted by molar-refractivity contribution is 6.03. The van der Waals surface area contributed by atoms with Crippen molar-refractivity contribution in [3.05, 3.63) is 72.3 Å². The van der Waals surface area contributed by atoms with Crippen LogP contribution < -0.4 is 19.7 Å². The third-order valence-electron chi connectivity index (χ3n) is 8.00. The molecule has 1 heterocycles. The van der Waals surface area contributed by atoms with Gasteiger partial charge in [-0.1, -0.05) is 37.3 Å². The van der Waals surface area contributed by atoms with Crippen LogP contribution in [0.3, 0.4) is 0 Å². The lowest BCUT2D eigenvalue weighted by Crippen LogP contribution is -2.45. The van der Waals surface area contributed by atoms with Crippen LogP contribution in [0.2, 0.25) is 0 Å². The van der Waals surface area contributed by atoms with E-state index in [9.17, 15) is 9.59 Å². The number of urea groups is 1. The summed E-state index contributed by atoms with van der Waals surface area (Å²) in [6, 6.07) is 21.8. The van der Waals surface area contributed by atoms with Gasteiger partial charge in [0, 0.05) is 12.1 Å². The number of hydrogen-bond donors (Lipinski definition) is 2. The Labute approximate surface area is 229 Å². The van der Waals surface area contributed by atoms with Crippen LogP contribution in [0.5, 0.6) is 11.5 Å². The molecule has 2 aliphatic rings. The van der Waals surface area contributed by atoms with Crippen LogP contribution in [0, 0.1) is 5.92 Å². The van der Waals surface area contributed by atoms with E-state index in [1.807, 2.05) is 42.5 Å². The Morgan fingerprint density at radius 2 is 1.67 bits per heavy atom. The van der Waals surface area contributed by atoms with Gasteiger partial charge in [-0.3, -0.25) is 9.69 Å². The molecule has 0 radical (unpaired) electrons. The number of nitrogens with zero attached hydrogens (tertiary/aromatic N) is 1. The number of anilines is 2. The molecule has 2 amide bonds. The predicted molar refractivity (Wildman–Crippen MR) is 153 cm³/mol. The minimum atomic E-state index is -0.692. The molecule has 1 atom stereocenters. The number of nitrogens with one attached hydrogen (secondary N) is 1. The zero-order valence-corrected chi connectivity index (χ0v) is 22.6. The average Bonchev–Trinajstić information content (AvgIpc) is 2.96. The zero-order chi connectivity index (χ0) is 27.4. The largest absolute Gasteiger partial charge is 0.497 e. The molecule has 3 aromatic carbocycles. The van der Waals surface area contributed by atoms with Crippen LogP contribution in [0.4, 0.5) is 16.2 Å². The topological polar surface area (TPSA) is 88.1 Å². The van der Waals surface area contributed by atoms with Crippen molar-refractivity contribution in [3.8, 4) is 22.6 Å². The monoisotopic (exact) mass is 528 g/mol. The van der Waals surface area contributed by atoms with Gasteiger partial charge in [0.1, 0.15) is 17.6 Å². The molecule has 1 unspecified atom stereocenters. The minimum absolute atomic E-state index is 0.0898. The average molecular weight is 529 g/mol. The van der Waals surface area contributed by atoms with E-state index in [2.05, 4.69) is 36.5 Å². The van der Waals surface area contributed by atoms with Crippen LogP contribution in [0.25, 0.3) is 11.1 Å². The lowest BCUT2D eigenvalue weighted by Gasteiger charge is -2.35. The number of ether oxygens (including phenoxy) is 2. The van der Waals surface area contributed by atoms with E-state index < -0.39 is 5.97 Å². The molecule has 7 nitrogen and oxygen atoms in total. The molecule has 1 aliphatic heterocycles. The molecular weight excluding hydrogens is 492 g/mol. The Hall–Kier alpha value is -4.00. The summed E-state index contributed by atoms with van der Waals surface area (Å²) in [5.41, 5.74) is 4.91. The summed E-state index contributed by atoms with van der Waals surface area (Å²) >= 11 is 0. The van der Waals surface area contributed by atoms with Crippen molar-refractivity contribution in [1.82, 2.24) is 0 Å². The van der Waals surface area contributed by atoms with Crippen molar-refractivity contribution < 1.29 is 24.2 Å². The molecule has 0 saturated heterocycles. The first-order valence-corrected chi connectivity index (χ1v) is 13.8. The summed E-state index contributed by atoms with van der Waals surface area (Å²) in [6.07, 6.45) is 5.01. The highest BCUT2D eigenvalue weighted by Crippen LogP contribution is 2.40. The molecule has 39 heavy (non-hydrogen) atoms. The van der Waals surface area contributed by atoms with Crippen LogP contribution in [-0.2, 0) is 4.79 Å². The van der Waals surface area contributed by atoms with E-state index in [0.29, 0.717) is 29.8 Å². The molecule has 204 valence electrons. The van der Waals surface area contributed by atoms with E-state index in [1.54, 1.807) is 12.0 Å². The second-order valence-electron chi connectivity index (χ2n) is 10.5. The molecule has 5 rings (SSSR count). The lowest BCUT2D eigenvalue weighted by molar-refractivity contribution is -0.138. The first-order valence-electron chi connectivity index (χ1n) is 13.8. The summed E-state index contributed by atoms with van der Waals surface area (Å²) in [6.45, 7) is 2.54. The number of carboxylic acids is 1. The number of amides is 2.